The molecule has 1 aliphatic heterocycles. The molecule has 3 aromatic heterocycles. The second-order valence-corrected chi connectivity index (χ2v) is 9.65. The highest BCUT2D eigenvalue weighted by atomic mass is 16.3. The van der Waals surface area contributed by atoms with Crippen LogP contribution in [0.4, 0.5) is 5.95 Å². The van der Waals surface area contributed by atoms with Crippen LogP contribution in [0.3, 0.4) is 0 Å². The summed E-state index contributed by atoms with van der Waals surface area (Å²) in [5.74, 6) is 0.342. The summed E-state index contributed by atoms with van der Waals surface area (Å²) in [6, 6.07) is 9.60. The number of pyridine rings is 1. The number of aliphatic hydroxyl groups is 1. The maximum Gasteiger partial charge on any atom is 0.274 e. The molecule has 37 heavy (non-hydrogen) atoms. The molecule has 0 aliphatic carbocycles. The van der Waals surface area contributed by atoms with Crippen LogP contribution in [-0.2, 0) is 11.8 Å². The first-order valence-electron chi connectivity index (χ1n) is 12.4. The number of carbonyl (C=O) groups excluding carboxylic acids is 1. The first-order valence-corrected chi connectivity index (χ1v) is 12.4. The van der Waals surface area contributed by atoms with Crippen molar-refractivity contribution in [1.29, 1.82) is 0 Å². The molecule has 0 bridgehead atoms. The highest BCUT2D eigenvalue weighted by Gasteiger charge is 2.28. The second kappa shape index (κ2) is 9.78. The molecule has 1 fully saturated rings. The van der Waals surface area contributed by atoms with Gasteiger partial charge in [0.25, 0.3) is 5.56 Å². The minimum Gasteiger partial charge on any atom is -0.387 e. The lowest BCUT2D eigenvalue weighted by molar-refractivity contribution is -0.136. The van der Waals surface area contributed by atoms with Crippen LogP contribution in [0.5, 0.6) is 0 Å². The number of amides is 1. The van der Waals surface area contributed by atoms with Crippen molar-refractivity contribution in [3.05, 3.63) is 70.5 Å². The van der Waals surface area contributed by atoms with E-state index in [1.807, 2.05) is 60.7 Å². The van der Waals surface area contributed by atoms with Crippen molar-refractivity contribution in [2.45, 2.75) is 32.9 Å². The van der Waals surface area contributed by atoms with Gasteiger partial charge in [-0.2, -0.15) is 0 Å². The highest BCUT2D eigenvalue weighted by Crippen LogP contribution is 2.27. The van der Waals surface area contributed by atoms with Crippen LogP contribution in [0, 0.1) is 6.92 Å². The van der Waals surface area contributed by atoms with Gasteiger partial charge < -0.3 is 14.9 Å². The molecule has 1 aliphatic rings. The average molecular weight is 502 g/mol. The first kappa shape index (κ1) is 24.6. The molecular formula is C27H31N7O3. The van der Waals surface area contributed by atoms with Gasteiger partial charge in [-0.15, -0.1) is 0 Å². The zero-order valence-electron chi connectivity index (χ0n) is 21.5. The van der Waals surface area contributed by atoms with Gasteiger partial charge >= 0.3 is 0 Å². The van der Waals surface area contributed by atoms with Crippen LogP contribution in [-0.4, -0.2) is 72.5 Å². The summed E-state index contributed by atoms with van der Waals surface area (Å²) in [5.41, 5.74) is 4.53. The summed E-state index contributed by atoms with van der Waals surface area (Å²) in [4.78, 5) is 42.4. The number of fused-ring (bicyclic) bond motifs is 1. The van der Waals surface area contributed by atoms with E-state index in [4.69, 9.17) is 0 Å². The Hall–Kier alpha value is -4.05. The summed E-state index contributed by atoms with van der Waals surface area (Å²) in [6.07, 6.45) is 5.37. The van der Waals surface area contributed by atoms with E-state index < -0.39 is 6.61 Å². The monoisotopic (exact) mass is 501 g/mol. The summed E-state index contributed by atoms with van der Waals surface area (Å²) >= 11 is 0. The van der Waals surface area contributed by atoms with Gasteiger partial charge in [-0.1, -0.05) is 6.07 Å². The van der Waals surface area contributed by atoms with Crippen molar-refractivity contribution in [2.75, 3.05) is 31.1 Å². The largest absolute Gasteiger partial charge is 0.387 e. The zero-order valence-corrected chi connectivity index (χ0v) is 21.5. The van der Waals surface area contributed by atoms with E-state index in [1.54, 1.807) is 35.2 Å². The average Bonchev–Trinajstić information content (AvgIpc) is 3.16. The van der Waals surface area contributed by atoms with Gasteiger partial charge in [0.05, 0.1) is 22.6 Å². The fourth-order valence-electron chi connectivity index (χ4n) is 5.13. The van der Waals surface area contributed by atoms with E-state index >= 15 is 0 Å². The van der Waals surface area contributed by atoms with Gasteiger partial charge in [-0.25, -0.2) is 9.97 Å². The number of aryl methyl sites for hydroxylation is 1. The normalized spacial score (nSPS) is 16.8. The van der Waals surface area contributed by atoms with E-state index in [-0.39, 0.29) is 23.6 Å². The maximum atomic E-state index is 13.0. The van der Waals surface area contributed by atoms with Crippen LogP contribution in [0.25, 0.3) is 22.0 Å². The third kappa shape index (κ3) is 4.48. The number of nitrogens with zero attached hydrogens (tertiary/aromatic N) is 7. The number of benzene rings is 1. The number of hydrogen-bond acceptors (Lipinski definition) is 7. The van der Waals surface area contributed by atoms with Crippen molar-refractivity contribution in [2.24, 2.45) is 7.05 Å². The van der Waals surface area contributed by atoms with Gasteiger partial charge in [0.15, 0.2) is 0 Å². The summed E-state index contributed by atoms with van der Waals surface area (Å²) < 4.78 is 3.62. The third-order valence-electron chi connectivity index (χ3n) is 7.16. The molecule has 1 amide bonds. The van der Waals surface area contributed by atoms with E-state index in [9.17, 15) is 14.7 Å². The van der Waals surface area contributed by atoms with Crippen LogP contribution >= 0.6 is 0 Å². The summed E-state index contributed by atoms with van der Waals surface area (Å²) in [7, 11) is 1.78. The van der Waals surface area contributed by atoms with Gasteiger partial charge in [-0.05, 0) is 56.2 Å². The van der Waals surface area contributed by atoms with Crippen molar-refractivity contribution in [3.63, 3.8) is 0 Å². The fourth-order valence-corrected chi connectivity index (χ4v) is 5.13. The molecule has 1 unspecified atom stereocenters. The number of anilines is 1. The predicted molar refractivity (Wildman–Crippen MR) is 141 cm³/mol. The Labute approximate surface area is 214 Å². The lowest BCUT2D eigenvalue weighted by atomic mass is 10.1. The van der Waals surface area contributed by atoms with Gasteiger partial charge in [-0.3, -0.25) is 23.9 Å². The highest BCUT2D eigenvalue weighted by molar-refractivity contribution is 5.84. The Balaban J connectivity index is 1.44. The van der Waals surface area contributed by atoms with Crippen molar-refractivity contribution >= 4 is 22.8 Å². The molecule has 0 radical (unpaired) electrons. The van der Waals surface area contributed by atoms with Gasteiger partial charge in [0.1, 0.15) is 6.61 Å². The lowest BCUT2D eigenvalue weighted by Gasteiger charge is -2.39. The van der Waals surface area contributed by atoms with E-state index in [0.29, 0.717) is 31.0 Å². The smallest absolute Gasteiger partial charge is 0.274 e. The quantitative estimate of drug-likeness (QED) is 0.446. The Bertz CT molecular complexity index is 1510. The fraction of sp³-hybridized carbons (Fsp3) is 0.370. The van der Waals surface area contributed by atoms with E-state index in [0.717, 1.165) is 27.9 Å². The SMILES string of the molecule is Cc1ccnc(C(C)n2c3cc(-c4cnc(N5CCN(C(=O)CO)[C@H](C)C5)nc4)ccc3c(=O)n2C)c1. The minimum atomic E-state index is -0.477. The predicted octanol–water partition coefficient (Wildman–Crippen LogP) is 2.14. The summed E-state index contributed by atoms with van der Waals surface area (Å²) in [5, 5.41) is 9.82. The molecule has 0 spiro atoms. The molecular weight excluding hydrogens is 470 g/mol. The Kier molecular flexibility index (Phi) is 6.51. The number of piperazine rings is 1. The number of hydrogen-bond donors (Lipinski definition) is 1. The molecule has 4 aromatic rings. The molecule has 10 heteroatoms. The molecule has 1 saturated heterocycles. The van der Waals surface area contributed by atoms with Crippen molar-refractivity contribution in [3.8, 4) is 11.1 Å². The number of rotatable bonds is 5. The molecule has 5 rings (SSSR count). The topological polar surface area (TPSA) is 109 Å². The Morgan fingerprint density at radius 1 is 1.11 bits per heavy atom. The van der Waals surface area contributed by atoms with Crippen LogP contribution in [0.1, 0.15) is 31.1 Å². The standard InChI is InChI=1S/C27H31N7O3/c1-17-7-8-28-23(11-17)19(3)34-24-12-20(5-6-22(24)26(37)31(34)4)21-13-29-27(30-14-21)32-9-10-33(18(2)15-32)25(36)16-35/h5-8,11-14,18-19,35H,9-10,15-16H2,1-4H3/t18-,19?/m1/s1. The minimum absolute atomic E-state index is 0.0428. The van der Waals surface area contributed by atoms with E-state index in [1.165, 1.54) is 0 Å². The Morgan fingerprint density at radius 3 is 2.54 bits per heavy atom. The molecule has 192 valence electrons. The number of carbonyl (C=O) groups is 1. The number of aliphatic hydroxyl groups excluding tert-OH is 1. The van der Waals surface area contributed by atoms with Crippen molar-refractivity contribution < 1.29 is 9.90 Å². The van der Waals surface area contributed by atoms with Crippen LogP contribution in [0.2, 0.25) is 0 Å². The molecule has 1 aromatic carbocycles. The second-order valence-electron chi connectivity index (χ2n) is 9.65. The Morgan fingerprint density at radius 2 is 1.86 bits per heavy atom. The van der Waals surface area contributed by atoms with E-state index in [2.05, 4.69) is 15.0 Å². The zero-order chi connectivity index (χ0) is 26.3. The summed E-state index contributed by atoms with van der Waals surface area (Å²) in [6.45, 7) is 7.26. The van der Waals surface area contributed by atoms with Crippen molar-refractivity contribution in [1.82, 2.24) is 29.2 Å². The number of aromatic nitrogens is 5. The first-order chi connectivity index (χ1) is 17.8. The van der Waals surface area contributed by atoms with Crippen LogP contribution in [0.15, 0.2) is 53.7 Å². The molecule has 1 N–H and O–H groups in total. The third-order valence-corrected chi connectivity index (χ3v) is 7.16. The molecule has 0 saturated carbocycles. The molecule has 10 nitrogen and oxygen atoms in total. The maximum absolute atomic E-state index is 13.0. The lowest BCUT2D eigenvalue weighted by Crippen LogP contribution is -2.55. The van der Waals surface area contributed by atoms with Crippen LogP contribution < -0.4 is 10.5 Å². The molecule has 2 atom stereocenters. The van der Waals surface area contributed by atoms with Gasteiger partial charge in [0.2, 0.25) is 11.9 Å². The molecule has 4 heterocycles. The van der Waals surface area contributed by atoms with Gasteiger partial charge in [0, 0.05) is 56.9 Å².